The summed E-state index contributed by atoms with van der Waals surface area (Å²) >= 11 is 0. The van der Waals surface area contributed by atoms with Crippen LogP contribution in [0.25, 0.3) is 0 Å². The van der Waals surface area contributed by atoms with E-state index in [1.165, 1.54) is 24.3 Å². The fraction of sp³-hybridized carbons (Fsp3) is 0.308. The van der Waals surface area contributed by atoms with Crippen LogP contribution < -0.4 is 4.74 Å². The molecule has 2 heterocycles. The van der Waals surface area contributed by atoms with E-state index in [0.29, 0.717) is 22.4 Å². The summed E-state index contributed by atoms with van der Waals surface area (Å²) in [5, 5.41) is 8.88. The molecule has 0 saturated carbocycles. The van der Waals surface area contributed by atoms with Crippen LogP contribution in [-0.4, -0.2) is 68.8 Å². The van der Waals surface area contributed by atoms with Gasteiger partial charge in [-0.2, -0.15) is 5.26 Å². The van der Waals surface area contributed by atoms with E-state index in [-0.39, 0.29) is 26.4 Å². The molecule has 0 bridgehead atoms. The molecule has 4 atom stereocenters. The summed E-state index contributed by atoms with van der Waals surface area (Å²) in [4.78, 5) is 36.1. The number of rotatable bonds is 9. The molecule has 2 saturated heterocycles. The first kappa shape index (κ1) is 24.9. The van der Waals surface area contributed by atoms with Crippen molar-refractivity contribution in [2.75, 3.05) is 26.4 Å². The van der Waals surface area contributed by atoms with Crippen molar-refractivity contribution in [3.8, 4) is 11.8 Å². The molecule has 0 aromatic heterocycles. The van der Waals surface area contributed by atoms with Crippen LogP contribution in [0.5, 0.6) is 5.75 Å². The quantitative estimate of drug-likeness (QED) is 0.222. The Hall–Kier alpha value is -4.20. The molecule has 2 aromatic carbocycles. The van der Waals surface area contributed by atoms with Crippen molar-refractivity contribution < 1.29 is 42.8 Å². The monoisotopic (exact) mass is 493 g/mol. The predicted molar refractivity (Wildman–Crippen MR) is 122 cm³/mol. The molecule has 10 heteroatoms. The highest BCUT2D eigenvalue weighted by Gasteiger charge is 2.51. The summed E-state index contributed by atoms with van der Waals surface area (Å²) in [6.07, 6.45) is -1.36. The Morgan fingerprint density at radius 1 is 0.889 bits per heavy atom. The fourth-order valence-corrected chi connectivity index (χ4v) is 3.77. The average Bonchev–Trinajstić information content (AvgIpc) is 3.49. The van der Waals surface area contributed by atoms with Crippen LogP contribution in [0, 0.1) is 11.3 Å². The van der Waals surface area contributed by atoms with E-state index >= 15 is 0 Å². The number of hydrogen-bond donors (Lipinski definition) is 0. The first-order valence-electron chi connectivity index (χ1n) is 11.2. The number of hydrogen-bond acceptors (Lipinski definition) is 10. The maximum Gasteiger partial charge on any atom is 0.338 e. The fourth-order valence-electron chi connectivity index (χ4n) is 3.77. The summed E-state index contributed by atoms with van der Waals surface area (Å²) in [5.41, 5.74) is 1.06. The lowest BCUT2D eigenvalue weighted by Gasteiger charge is -2.17. The third-order valence-electron chi connectivity index (χ3n) is 5.58. The summed E-state index contributed by atoms with van der Waals surface area (Å²) in [6, 6.07) is 14.4. The molecule has 4 rings (SSSR count). The second-order valence-electron chi connectivity index (χ2n) is 7.92. The van der Waals surface area contributed by atoms with Gasteiger partial charge in [0.15, 0.2) is 12.2 Å². The van der Waals surface area contributed by atoms with Gasteiger partial charge < -0.3 is 28.4 Å². The minimum absolute atomic E-state index is 0.0721. The predicted octanol–water partition coefficient (Wildman–Crippen LogP) is 2.21. The molecule has 0 aliphatic carbocycles. The Kier molecular flexibility index (Phi) is 7.95. The Balaban J connectivity index is 1.25. The average molecular weight is 493 g/mol. The molecule has 36 heavy (non-hydrogen) atoms. The normalized spacial score (nSPS) is 22.1. The van der Waals surface area contributed by atoms with E-state index in [2.05, 4.69) is 6.58 Å². The standard InChI is InChI=1S/C26H23NO9/c1-2-22(28)32-12-11-31-19-9-7-18(8-10-19)26(30)36-21-15-34-23-20(14-33-24(21)23)35-25(29)17-5-3-16(13-27)4-6-17/h2-10,20-21,23-24H,1,11-12,14-15H2/t20-,21+,23?,24-/m1/s1. The lowest BCUT2D eigenvalue weighted by molar-refractivity contribution is -0.138. The maximum atomic E-state index is 12.6. The first-order chi connectivity index (χ1) is 17.5. The van der Waals surface area contributed by atoms with Gasteiger partial charge in [-0.05, 0) is 48.5 Å². The molecule has 2 aliphatic rings. The first-order valence-corrected chi connectivity index (χ1v) is 11.2. The number of nitriles is 1. The van der Waals surface area contributed by atoms with Crippen LogP contribution in [-0.2, 0) is 28.5 Å². The minimum atomic E-state index is -0.656. The molecule has 0 spiro atoms. The van der Waals surface area contributed by atoms with Gasteiger partial charge in [-0.25, -0.2) is 14.4 Å². The van der Waals surface area contributed by atoms with E-state index < -0.39 is 42.3 Å². The zero-order valence-electron chi connectivity index (χ0n) is 19.2. The highest BCUT2D eigenvalue weighted by molar-refractivity contribution is 5.90. The van der Waals surface area contributed by atoms with Gasteiger partial charge in [0, 0.05) is 6.08 Å². The zero-order chi connectivity index (χ0) is 25.5. The number of fused-ring (bicyclic) bond motifs is 1. The molecule has 2 aromatic rings. The number of benzene rings is 2. The van der Waals surface area contributed by atoms with Gasteiger partial charge in [0.25, 0.3) is 0 Å². The van der Waals surface area contributed by atoms with E-state index in [9.17, 15) is 14.4 Å². The second kappa shape index (κ2) is 11.5. The molecule has 186 valence electrons. The van der Waals surface area contributed by atoms with Gasteiger partial charge in [0.05, 0.1) is 36.0 Å². The van der Waals surface area contributed by atoms with E-state index in [4.69, 9.17) is 33.7 Å². The second-order valence-corrected chi connectivity index (χ2v) is 7.92. The summed E-state index contributed by atoms with van der Waals surface area (Å²) in [5.74, 6) is -1.15. The minimum Gasteiger partial charge on any atom is -0.490 e. The number of carbonyl (C=O) groups is 3. The van der Waals surface area contributed by atoms with Crippen LogP contribution >= 0.6 is 0 Å². The molecular formula is C26H23NO9. The molecule has 0 N–H and O–H groups in total. The van der Waals surface area contributed by atoms with Crippen LogP contribution in [0.2, 0.25) is 0 Å². The van der Waals surface area contributed by atoms with Crippen molar-refractivity contribution in [2.24, 2.45) is 0 Å². The van der Waals surface area contributed by atoms with Gasteiger partial charge in [0.1, 0.15) is 31.2 Å². The van der Waals surface area contributed by atoms with Crippen LogP contribution in [0.15, 0.2) is 61.2 Å². The third-order valence-corrected chi connectivity index (χ3v) is 5.58. The smallest absolute Gasteiger partial charge is 0.338 e. The lowest BCUT2D eigenvalue weighted by atomic mass is 10.1. The maximum absolute atomic E-state index is 12.6. The van der Waals surface area contributed by atoms with E-state index in [1.54, 1.807) is 24.3 Å². The van der Waals surface area contributed by atoms with Crippen molar-refractivity contribution in [1.82, 2.24) is 0 Å². The molecular weight excluding hydrogens is 470 g/mol. The Bertz CT molecular complexity index is 1150. The SMILES string of the molecule is C=CC(=O)OCCOc1ccc(C(=O)O[C@H]2COC3[C@H](OC(=O)c4ccc(C#N)cc4)CO[C@@H]32)cc1. The molecule has 2 fully saturated rings. The molecule has 10 nitrogen and oxygen atoms in total. The van der Waals surface area contributed by atoms with Gasteiger partial charge in [0.2, 0.25) is 0 Å². The zero-order valence-corrected chi connectivity index (χ0v) is 19.2. The topological polar surface area (TPSA) is 130 Å². The molecule has 0 radical (unpaired) electrons. The summed E-state index contributed by atoms with van der Waals surface area (Å²) in [6.45, 7) is 3.75. The van der Waals surface area contributed by atoms with E-state index in [0.717, 1.165) is 6.08 Å². The van der Waals surface area contributed by atoms with Crippen molar-refractivity contribution in [1.29, 1.82) is 5.26 Å². The number of carbonyl (C=O) groups excluding carboxylic acids is 3. The van der Waals surface area contributed by atoms with Crippen LogP contribution in [0.1, 0.15) is 26.3 Å². The van der Waals surface area contributed by atoms with Crippen LogP contribution in [0.4, 0.5) is 0 Å². The van der Waals surface area contributed by atoms with Gasteiger partial charge in [-0.1, -0.05) is 6.58 Å². The van der Waals surface area contributed by atoms with Crippen molar-refractivity contribution >= 4 is 17.9 Å². The van der Waals surface area contributed by atoms with Gasteiger partial charge in [-0.3, -0.25) is 0 Å². The Morgan fingerprint density at radius 2 is 1.42 bits per heavy atom. The number of nitrogens with zero attached hydrogens (tertiary/aromatic N) is 1. The molecule has 2 aliphatic heterocycles. The van der Waals surface area contributed by atoms with E-state index in [1.807, 2.05) is 6.07 Å². The number of esters is 3. The third kappa shape index (κ3) is 5.89. The Morgan fingerprint density at radius 3 is 1.92 bits per heavy atom. The Labute approximate surface area is 206 Å². The van der Waals surface area contributed by atoms with Crippen molar-refractivity contribution in [2.45, 2.75) is 24.4 Å². The highest BCUT2D eigenvalue weighted by atomic mass is 16.7. The van der Waals surface area contributed by atoms with Crippen molar-refractivity contribution in [3.05, 3.63) is 77.9 Å². The lowest BCUT2D eigenvalue weighted by Crippen LogP contribution is -2.36. The van der Waals surface area contributed by atoms with Gasteiger partial charge in [-0.15, -0.1) is 0 Å². The van der Waals surface area contributed by atoms with Crippen LogP contribution in [0.3, 0.4) is 0 Å². The van der Waals surface area contributed by atoms with Crippen molar-refractivity contribution in [3.63, 3.8) is 0 Å². The number of ether oxygens (including phenoxy) is 6. The molecule has 0 amide bonds. The highest BCUT2D eigenvalue weighted by Crippen LogP contribution is 2.31. The summed E-state index contributed by atoms with van der Waals surface area (Å²) < 4.78 is 32.9. The molecule has 1 unspecified atom stereocenters. The largest absolute Gasteiger partial charge is 0.490 e. The summed E-state index contributed by atoms with van der Waals surface area (Å²) in [7, 11) is 0. The van der Waals surface area contributed by atoms with Gasteiger partial charge >= 0.3 is 17.9 Å².